The number of rotatable bonds is 8. The van der Waals surface area contributed by atoms with Crippen LogP contribution in [0.15, 0.2) is 78.9 Å². The highest BCUT2D eigenvalue weighted by atomic mass is 16.9. The topological polar surface area (TPSA) is 109 Å². The molecular formula is C23H21BN2O5. The van der Waals surface area contributed by atoms with Crippen molar-refractivity contribution in [3.63, 3.8) is 0 Å². The molecule has 7 nitrogen and oxygen atoms in total. The number of nitrogens with one attached hydrogen (secondary N) is 1. The van der Waals surface area contributed by atoms with E-state index < -0.39 is 12.2 Å². The molecule has 3 aromatic carbocycles. The Bertz CT molecular complexity index is 1190. The minimum Gasteiger partial charge on any atom is -0.423 e. The van der Waals surface area contributed by atoms with Crippen molar-refractivity contribution in [3.05, 3.63) is 100 Å². The normalized spacial score (nSPS) is 11.9. The van der Waals surface area contributed by atoms with Gasteiger partial charge in [-0.3, -0.25) is 0 Å². The average molecular weight is 416 g/mol. The lowest BCUT2D eigenvalue weighted by molar-refractivity contribution is -0.757. The number of para-hydroxylation sites is 1. The SMILES string of the molecule is O=[N+]([O-])OCCC(c1ccccc1)c1c(-c2ccccc2B(O)O)[nH]c2ccccc12. The summed E-state index contributed by atoms with van der Waals surface area (Å²) >= 11 is 0. The van der Waals surface area contributed by atoms with Crippen LogP contribution in [0.25, 0.3) is 22.2 Å². The third-order valence-electron chi connectivity index (χ3n) is 5.41. The van der Waals surface area contributed by atoms with E-state index >= 15 is 0 Å². The maximum Gasteiger partial charge on any atom is 0.489 e. The predicted molar refractivity (Wildman–Crippen MR) is 119 cm³/mol. The van der Waals surface area contributed by atoms with Crippen molar-refractivity contribution in [2.45, 2.75) is 12.3 Å². The van der Waals surface area contributed by atoms with Crippen LogP contribution >= 0.6 is 0 Å². The second-order valence-corrected chi connectivity index (χ2v) is 7.23. The van der Waals surface area contributed by atoms with Gasteiger partial charge in [-0.2, -0.15) is 0 Å². The van der Waals surface area contributed by atoms with E-state index in [1.807, 2.05) is 66.7 Å². The van der Waals surface area contributed by atoms with E-state index in [1.54, 1.807) is 12.1 Å². The van der Waals surface area contributed by atoms with Crippen LogP contribution in [0.3, 0.4) is 0 Å². The van der Waals surface area contributed by atoms with Gasteiger partial charge >= 0.3 is 7.12 Å². The molecule has 0 saturated carbocycles. The molecule has 0 bridgehead atoms. The molecule has 1 heterocycles. The Morgan fingerprint density at radius 3 is 2.39 bits per heavy atom. The van der Waals surface area contributed by atoms with Gasteiger partial charge in [-0.1, -0.05) is 72.8 Å². The Balaban J connectivity index is 1.93. The molecule has 1 aromatic heterocycles. The summed E-state index contributed by atoms with van der Waals surface area (Å²) in [5.74, 6) is -0.212. The smallest absolute Gasteiger partial charge is 0.423 e. The van der Waals surface area contributed by atoms with Crippen LogP contribution in [0.2, 0.25) is 0 Å². The van der Waals surface area contributed by atoms with E-state index in [0.717, 1.165) is 27.7 Å². The largest absolute Gasteiger partial charge is 0.489 e. The summed E-state index contributed by atoms with van der Waals surface area (Å²) in [6.45, 7) is -0.0597. The van der Waals surface area contributed by atoms with Gasteiger partial charge in [0.2, 0.25) is 0 Å². The van der Waals surface area contributed by atoms with E-state index in [-0.39, 0.29) is 12.5 Å². The minimum atomic E-state index is -1.64. The van der Waals surface area contributed by atoms with Gasteiger partial charge in [0.1, 0.15) is 0 Å². The number of nitrogens with zero attached hydrogens (tertiary/aromatic N) is 1. The van der Waals surface area contributed by atoms with Crippen LogP contribution in [-0.2, 0) is 4.84 Å². The van der Waals surface area contributed by atoms with E-state index in [0.29, 0.717) is 17.4 Å². The highest BCUT2D eigenvalue weighted by Crippen LogP contribution is 2.40. The molecule has 0 saturated heterocycles. The molecule has 0 amide bonds. The van der Waals surface area contributed by atoms with Gasteiger partial charge in [0.25, 0.3) is 5.09 Å². The van der Waals surface area contributed by atoms with Gasteiger partial charge in [0, 0.05) is 22.5 Å². The fraction of sp³-hybridized carbons (Fsp3) is 0.130. The van der Waals surface area contributed by atoms with E-state index in [9.17, 15) is 20.2 Å². The van der Waals surface area contributed by atoms with Crippen LogP contribution < -0.4 is 5.46 Å². The number of hydrogen-bond donors (Lipinski definition) is 3. The number of benzene rings is 3. The highest BCUT2D eigenvalue weighted by molar-refractivity contribution is 6.60. The van der Waals surface area contributed by atoms with Crippen molar-refractivity contribution in [2.75, 3.05) is 6.61 Å². The second-order valence-electron chi connectivity index (χ2n) is 7.23. The summed E-state index contributed by atoms with van der Waals surface area (Å²) in [5.41, 5.74) is 4.61. The van der Waals surface area contributed by atoms with Crippen LogP contribution in [0.1, 0.15) is 23.5 Å². The second kappa shape index (κ2) is 9.03. The monoisotopic (exact) mass is 416 g/mol. The third kappa shape index (κ3) is 4.30. The summed E-state index contributed by atoms with van der Waals surface area (Å²) in [6.07, 6.45) is 0.379. The van der Waals surface area contributed by atoms with Crippen LogP contribution in [-0.4, -0.2) is 33.8 Å². The zero-order valence-electron chi connectivity index (χ0n) is 16.6. The molecule has 0 aliphatic rings. The highest BCUT2D eigenvalue weighted by Gasteiger charge is 2.26. The lowest BCUT2D eigenvalue weighted by atomic mass is 9.75. The Morgan fingerprint density at radius 2 is 1.65 bits per heavy atom. The summed E-state index contributed by atoms with van der Waals surface area (Å²) < 4.78 is 0. The molecule has 1 unspecified atom stereocenters. The van der Waals surface area contributed by atoms with Crippen molar-refractivity contribution < 1.29 is 20.0 Å². The number of H-pyrrole nitrogens is 1. The molecule has 8 heteroatoms. The maximum absolute atomic E-state index is 10.7. The minimum absolute atomic E-state index is 0.0597. The first-order valence-electron chi connectivity index (χ1n) is 9.94. The molecule has 0 aliphatic heterocycles. The van der Waals surface area contributed by atoms with Gasteiger partial charge in [0.15, 0.2) is 0 Å². The first kappa shape index (κ1) is 20.6. The maximum atomic E-state index is 10.7. The Labute approximate surface area is 179 Å². The average Bonchev–Trinajstić information content (AvgIpc) is 3.16. The Hall–Kier alpha value is -3.62. The first-order chi connectivity index (χ1) is 15.1. The van der Waals surface area contributed by atoms with E-state index in [4.69, 9.17) is 0 Å². The van der Waals surface area contributed by atoms with Crippen molar-refractivity contribution >= 4 is 23.5 Å². The van der Waals surface area contributed by atoms with Gasteiger partial charge in [-0.05, 0) is 34.6 Å². The van der Waals surface area contributed by atoms with Crippen molar-refractivity contribution in [3.8, 4) is 11.3 Å². The zero-order valence-corrected chi connectivity index (χ0v) is 16.6. The number of fused-ring (bicyclic) bond motifs is 1. The number of aromatic nitrogens is 1. The van der Waals surface area contributed by atoms with Crippen LogP contribution in [0, 0.1) is 10.1 Å². The molecule has 0 aliphatic carbocycles. The van der Waals surface area contributed by atoms with Crippen LogP contribution in [0.5, 0.6) is 0 Å². The lowest BCUT2D eigenvalue weighted by Gasteiger charge is -2.20. The summed E-state index contributed by atoms with van der Waals surface area (Å²) in [5, 5.41) is 30.8. The molecule has 0 spiro atoms. The van der Waals surface area contributed by atoms with Crippen LogP contribution in [0.4, 0.5) is 0 Å². The number of hydrogen-bond acceptors (Lipinski definition) is 5. The third-order valence-corrected chi connectivity index (χ3v) is 5.41. The molecule has 0 fully saturated rings. The zero-order chi connectivity index (χ0) is 21.8. The summed E-state index contributed by atoms with van der Waals surface area (Å²) in [4.78, 5) is 18.8. The van der Waals surface area contributed by atoms with Gasteiger partial charge in [0.05, 0.1) is 6.61 Å². The van der Waals surface area contributed by atoms with E-state index in [2.05, 4.69) is 9.82 Å². The van der Waals surface area contributed by atoms with Crippen molar-refractivity contribution in [1.82, 2.24) is 4.98 Å². The fourth-order valence-corrected chi connectivity index (χ4v) is 4.10. The molecule has 4 aromatic rings. The molecule has 1 atom stereocenters. The van der Waals surface area contributed by atoms with E-state index in [1.165, 1.54) is 0 Å². The predicted octanol–water partition coefficient (Wildman–Crippen LogP) is 3.25. The molecule has 156 valence electrons. The molecule has 0 radical (unpaired) electrons. The quantitative estimate of drug-likeness (QED) is 0.232. The Kier molecular flexibility index (Phi) is 6.02. The Morgan fingerprint density at radius 1 is 0.968 bits per heavy atom. The molecule has 31 heavy (non-hydrogen) atoms. The van der Waals surface area contributed by atoms with Crippen molar-refractivity contribution in [2.24, 2.45) is 0 Å². The molecular weight excluding hydrogens is 395 g/mol. The van der Waals surface area contributed by atoms with Gasteiger partial charge in [-0.15, -0.1) is 10.1 Å². The van der Waals surface area contributed by atoms with Gasteiger partial charge < -0.3 is 19.9 Å². The summed E-state index contributed by atoms with van der Waals surface area (Å²) in [6, 6.07) is 24.6. The molecule has 4 rings (SSSR count). The fourth-order valence-electron chi connectivity index (χ4n) is 4.10. The number of aromatic amines is 1. The van der Waals surface area contributed by atoms with Gasteiger partial charge in [-0.25, -0.2) is 0 Å². The lowest BCUT2D eigenvalue weighted by Crippen LogP contribution is -2.31. The first-order valence-corrected chi connectivity index (χ1v) is 9.94. The standard InChI is InChI=1S/C23H21BN2O5/c27-24(28)20-12-6-4-10-18(20)23-22(19-11-5-7-13-21(19)25-23)17(14-15-31-26(29)30)16-8-2-1-3-9-16/h1-13,17,25,27-28H,14-15H2. The van der Waals surface area contributed by atoms with Crippen molar-refractivity contribution in [1.29, 1.82) is 0 Å². The summed E-state index contributed by atoms with van der Waals surface area (Å²) in [7, 11) is -1.64. The molecule has 3 N–H and O–H groups in total.